The van der Waals surface area contributed by atoms with E-state index in [1.807, 2.05) is 82.0 Å². The normalized spacial score (nSPS) is 17.2. The quantitative estimate of drug-likeness (QED) is 0.436. The van der Waals surface area contributed by atoms with E-state index in [9.17, 15) is 9.59 Å². The van der Waals surface area contributed by atoms with Crippen LogP contribution in [0.1, 0.15) is 41.5 Å². The minimum Gasteiger partial charge on any atom is -0.448 e. The number of carbonyl (C=O) groups excluding carboxylic acids is 2. The Morgan fingerprint density at radius 3 is 2.41 bits per heavy atom. The summed E-state index contributed by atoms with van der Waals surface area (Å²) in [4.78, 5) is 30.4. The molecule has 0 saturated carbocycles. The Labute approximate surface area is 199 Å². The number of furan rings is 1. The van der Waals surface area contributed by atoms with Gasteiger partial charge in [-0.1, -0.05) is 60.7 Å². The van der Waals surface area contributed by atoms with Crippen LogP contribution in [-0.2, 0) is 11.2 Å². The number of amides is 2. The molecule has 0 radical (unpaired) electrons. The van der Waals surface area contributed by atoms with E-state index in [-0.39, 0.29) is 23.9 Å². The van der Waals surface area contributed by atoms with Crippen LogP contribution in [0.5, 0.6) is 0 Å². The lowest BCUT2D eigenvalue weighted by molar-refractivity contribution is -0.134. The predicted molar refractivity (Wildman–Crippen MR) is 132 cm³/mol. The first-order chi connectivity index (χ1) is 16.5. The maximum absolute atomic E-state index is 13.7. The summed E-state index contributed by atoms with van der Waals surface area (Å²) in [5, 5.41) is 0.913. The van der Waals surface area contributed by atoms with Crippen LogP contribution in [-0.4, -0.2) is 51.9 Å². The summed E-state index contributed by atoms with van der Waals surface area (Å²) in [6, 6.07) is 23.6. The van der Waals surface area contributed by atoms with Gasteiger partial charge in [0.25, 0.3) is 5.91 Å². The SMILES string of the molecule is C[C@@H]1CN(C(=O)c2cc3ccoc3n2[C@@H](C)c2ccccc2)CCN1C(=O)Cc1ccccc1. The number of hydrogen-bond donors (Lipinski definition) is 0. The Balaban J connectivity index is 1.35. The summed E-state index contributed by atoms with van der Waals surface area (Å²) < 4.78 is 7.77. The monoisotopic (exact) mass is 455 g/mol. The zero-order chi connectivity index (χ0) is 23.7. The number of hydrogen-bond acceptors (Lipinski definition) is 3. The molecule has 6 nitrogen and oxygen atoms in total. The van der Waals surface area contributed by atoms with Crippen LogP contribution in [0.25, 0.3) is 11.1 Å². The third kappa shape index (κ3) is 4.12. The lowest BCUT2D eigenvalue weighted by Gasteiger charge is -2.40. The van der Waals surface area contributed by atoms with Crippen molar-refractivity contribution in [1.29, 1.82) is 0 Å². The van der Waals surface area contributed by atoms with E-state index in [4.69, 9.17) is 4.42 Å². The minimum atomic E-state index is -0.0602. The van der Waals surface area contributed by atoms with Gasteiger partial charge in [0.1, 0.15) is 5.69 Å². The summed E-state index contributed by atoms with van der Waals surface area (Å²) in [5.74, 6) is 0.0700. The first-order valence-electron chi connectivity index (χ1n) is 11.8. The first-order valence-corrected chi connectivity index (χ1v) is 11.8. The van der Waals surface area contributed by atoms with Crippen LogP contribution in [0, 0.1) is 0 Å². The van der Waals surface area contributed by atoms with E-state index in [0.717, 1.165) is 16.5 Å². The maximum atomic E-state index is 13.7. The van der Waals surface area contributed by atoms with Crippen molar-refractivity contribution in [3.05, 3.63) is 95.9 Å². The largest absolute Gasteiger partial charge is 0.448 e. The Hall–Kier alpha value is -3.80. The molecular weight excluding hydrogens is 426 g/mol. The van der Waals surface area contributed by atoms with Crippen molar-refractivity contribution in [2.45, 2.75) is 32.4 Å². The van der Waals surface area contributed by atoms with Crippen molar-refractivity contribution in [2.75, 3.05) is 19.6 Å². The summed E-state index contributed by atoms with van der Waals surface area (Å²) in [6.07, 6.45) is 2.04. The second-order valence-corrected chi connectivity index (χ2v) is 9.02. The molecule has 5 rings (SSSR count). The molecule has 6 heteroatoms. The van der Waals surface area contributed by atoms with E-state index in [0.29, 0.717) is 37.5 Å². The summed E-state index contributed by atoms with van der Waals surface area (Å²) in [7, 11) is 0. The number of fused-ring (bicyclic) bond motifs is 1. The van der Waals surface area contributed by atoms with Crippen LogP contribution in [0.4, 0.5) is 0 Å². The molecule has 2 aromatic carbocycles. The molecule has 2 amide bonds. The summed E-state index contributed by atoms with van der Waals surface area (Å²) in [5.41, 5.74) is 3.43. The molecule has 0 aliphatic carbocycles. The van der Waals surface area contributed by atoms with Crippen molar-refractivity contribution in [3.8, 4) is 0 Å². The van der Waals surface area contributed by atoms with Crippen LogP contribution in [0.15, 0.2) is 83.5 Å². The topological polar surface area (TPSA) is 58.7 Å². The second kappa shape index (κ2) is 9.21. The third-order valence-electron chi connectivity index (χ3n) is 6.77. The molecule has 2 atom stereocenters. The zero-order valence-corrected chi connectivity index (χ0v) is 19.6. The Kier molecular flexibility index (Phi) is 5.97. The fourth-order valence-electron chi connectivity index (χ4n) is 4.92. The summed E-state index contributed by atoms with van der Waals surface area (Å²) >= 11 is 0. The number of piperazine rings is 1. The zero-order valence-electron chi connectivity index (χ0n) is 19.6. The van der Waals surface area contributed by atoms with Crippen molar-refractivity contribution in [1.82, 2.24) is 14.4 Å². The fraction of sp³-hybridized carbons (Fsp3) is 0.286. The van der Waals surface area contributed by atoms with Gasteiger partial charge in [0.05, 0.1) is 18.7 Å². The fourth-order valence-corrected chi connectivity index (χ4v) is 4.92. The van der Waals surface area contributed by atoms with Crippen LogP contribution in [0.3, 0.4) is 0 Å². The van der Waals surface area contributed by atoms with Gasteiger partial charge in [-0.3, -0.25) is 14.2 Å². The van der Waals surface area contributed by atoms with Crippen molar-refractivity contribution in [3.63, 3.8) is 0 Å². The highest BCUT2D eigenvalue weighted by atomic mass is 16.3. The van der Waals surface area contributed by atoms with Crippen LogP contribution in [0.2, 0.25) is 0 Å². The average molecular weight is 456 g/mol. The average Bonchev–Trinajstić information content (AvgIpc) is 3.45. The molecule has 1 aliphatic rings. The van der Waals surface area contributed by atoms with Crippen LogP contribution >= 0.6 is 0 Å². The molecule has 1 fully saturated rings. The van der Waals surface area contributed by atoms with E-state index >= 15 is 0 Å². The molecule has 0 unspecified atom stereocenters. The lowest BCUT2D eigenvalue weighted by Crippen LogP contribution is -2.56. The number of carbonyl (C=O) groups is 2. The lowest BCUT2D eigenvalue weighted by atomic mass is 10.1. The van der Waals surface area contributed by atoms with Gasteiger partial charge in [-0.15, -0.1) is 0 Å². The number of benzene rings is 2. The van der Waals surface area contributed by atoms with E-state index < -0.39 is 0 Å². The maximum Gasteiger partial charge on any atom is 0.270 e. The molecule has 174 valence electrons. The second-order valence-electron chi connectivity index (χ2n) is 9.02. The Morgan fingerprint density at radius 1 is 1.00 bits per heavy atom. The van der Waals surface area contributed by atoms with Gasteiger partial charge in [0.15, 0.2) is 0 Å². The molecule has 2 aromatic heterocycles. The minimum absolute atomic E-state index is 0.0313. The van der Waals surface area contributed by atoms with Gasteiger partial charge in [-0.25, -0.2) is 0 Å². The summed E-state index contributed by atoms with van der Waals surface area (Å²) in [6.45, 7) is 5.64. The standard InChI is InChI=1S/C28H29N3O3/c1-20-19-29(14-15-30(20)26(32)17-22-9-5-3-6-10-22)27(33)25-18-24-13-16-34-28(24)31(25)21(2)23-11-7-4-8-12-23/h3-13,16,18,20-21H,14-15,17,19H2,1-2H3/t20-,21+/m1/s1. The van der Waals surface area contributed by atoms with Crippen molar-refractivity contribution in [2.24, 2.45) is 0 Å². The predicted octanol–water partition coefficient (Wildman–Crippen LogP) is 4.76. The van der Waals surface area contributed by atoms with E-state index in [1.165, 1.54) is 0 Å². The molecule has 0 spiro atoms. The molecule has 4 aromatic rings. The Morgan fingerprint density at radius 2 is 1.71 bits per heavy atom. The highest BCUT2D eigenvalue weighted by Gasteiger charge is 2.32. The molecule has 0 bridgehead atoms. The molecule has 3 heterocycles. The van der Waals surface area contributed by atoms with Gasteiger partial charge in [0.2, 0.25) is 11.6 Å². The number of rotatable bonds is 5. The highest BCUT2D eigenvalue weighted by molar-refractivity contribution is 5.98. The van der Waals surface area contributed by atoms with E-state index in [2.05, 4.69) is 19.1 Å². The van der Waals surface area contributed by atoms with Gasteiger partial charge in [-0.05, 0) is 37.1 Å². The molecule has 0 N–H and O–H groups in total. The van der Waals surface area contributed by atoms with Gasteiger partial charge in [0, 0.05) is 31.1 Å². The molecule has 1 saturated heterocycles. The first kappa shape index (κ1) is 22.0. The van der Waals surface area contributed by atoms with Crippen LogP contribution < -0.4 is 0 Å². The van der Waals surface area contributed by atoms with Gasteiger partial charge < -0.3 is 14.2 Å². The molecular formula is C28H29N3O3. The molecule has 1 aliphatic heterocycles. The van der Waals surface area contributed by atoms with Gasteiger partial charge in [-0.2, -0.15) is 0 Å². The number of aromatic nitrogens is 1. The van der Waals surface area contributed by atoms with Crippen molar-refractivity contribution < 1.29 is 14.0 Å². The van der Waals surface area contributed by atoms with Crippen molar-refractivity contribution >= 4 is 22.9 Å². The smallest absolute Gasteiger partial charge is 0.270 e. The third-order valence-corrected chi connectivity index (χ3v) is 6.77. The van der Waals surface area contributed by atoms with E-state index in [1.54, 1.807) is 6.26 Å². The number of nitrogens with zero attached hydrogens (tertiary/aromatic N) is 3. The Bertz CT molecular complexity index is 1290. The highest BCUT2D eigenvalue weighted by Crippen LogP contribution is 2.30. The molecule has 34 heavy (non-hydrogen) atoms. The van der Waals surface area contributed by atoms with Gasteiger partial charge >= 0.3 is 0 Å².